The van der Waals surface area contributed by atoms with E-state index in [1.807, 2.05) is 24.3 Å². The molecule has 0 unspecified atom stereocenters. The summed E-state index contributed by atoms with van der Waals surface area (Å²) in [6, 6.07) is 19.7. The molecule has 0 aromatic heterocycles. The first kappa shape index (κ1) is 21.1. The summed E-state index contributed by atoms with van der Waals surface area (Å²) in [6.45, 7) is 12.9. The first-order valence-corrected chi connectivity index (χ1v) is 7.94. The van der Waals surface area contributed by atoms with E-state index < -0.39 is 0 Å². The molecule has 0 bridgehead atoms. The van der Waals surface area contributed by atoms with Gasteiger partial charge in [-0.05, 0) is 24.3 Å². The van der Waals surface area contributed by atoms with Crippen LogP contribution >= 0.6 is 0 Å². The average molecular weight is 510 g/mol. The molecule has 1 aliphatic rings. The second-order valence-electron chi connectivity index (χ2n) is 6.41. The Morgan fingerprint density at radius 1 is 1.12 bits per heavy atom. The zero-order chi connectivity index (χ0) is 17.7. The van der Waals surface area contributed by atoms with Crippen molar-refractivity contribution in [3.05, 3.63) is 89.7 Å². The number of allylic oxidation sites excluding steroid dienone is 3. The second kappa shape index (κ2) is 8.94. The van der Waals surface area contributed by atoms with Gasteiger partial charge in [-0.25, -0.2) is 5.57 Å². The summed E-state index contributed by atoms with van der Waals surface area (Å²) in [7, 11) is 0. The summed E-state index contributed by atoms with van der Waals surface area (Å²) in [5.74, 6) is 0.250. The number of aliphatic hydroxyl groups excluding tert-OH is 1. The minimum Gasteiger partial charge on any atom is -0.531 e. The summed E-state index contributed by atoms with van der Waals surface area (Å²) in [4.78, 5) is 4.76. The van der Waals surface area contributed by atoms with Gasteiger partial charge in [0, 0.05) is 31.3 Å². The topological polar surface area (TPSA) is 32.6 Å². The number of aliphatic hydroxyl groups is 1. The molecule has 25 heavy (non-hydrogen) atoms. The van der Waals surface area contributed by atoms with E-state index in [2.05, 4.69) is 44.2 Å². The molecule has 2 aromatic rings. The van der Waals surface area contributed by atoms with E-state index in [9.17, 15) is 0 Å². The van der Waals surface area contributed by atoms with E-state index in [4.69, 9.17) is 16.7 Å². The third-order valence-corrected chi connectivity index (χ3v) is 3.80. The number of hydrogen-bond acceptors (Lipinski definition) is 2. The van der Waals surface area contributed by atoms with E-state index in [-0.39, 0.29) is 31.3 Å². The van der Waals surface area contributed by atoms with Gasteiger partial charge >= 0.3 is 0 Å². The van der Waals surface area contributed by atoms with Gasteiger partial charge in [-0.2, -0.15) is 6.08 Å². The molecule has 3 heteroatoms. The van der Waals surface area contributed by atoms with E-state index in [1.165, 1.54) is 11.6 Å². The first-order chi connectivity index (χ1) is 11.3. The SMILES string of the molecule is CC1(C)C(c2[c-]cccc2)=Nc2ccccc21.[CH-]=C(C)/C=C(/C)O.[Ir]. The van der Waals surface area contributed by atoms with Gasteiger partial charge in [0.25, 0.3) is 0 Å². The van der Waals surface area contributed by atoms with Crippen molar-refractivity contribution in [2.45, 2.75) is 33.1 Å². The van der Waals surface area contributed by atoms with Crippen LogP contribution in [0.25, 0.3) is 0 Å². The normalized spacial score (nSPS) is 14.4. The van der Waals surface area contributed by atoms with Crippen LogP contribution in [-0.2, 0) is 25.5 Å². The molecule has 3 rings (SSSR count). The number of hydrogen-bond donors (Lipinski definition) is 1. The Balaban J connectivity index is 0.000000339. The van der Waals surface area contributed by atoms with Crippen molar-refractivity contribution in [3.63, 3.8) is 0 Å². The van der Waals surface area contributed by atoms with Crippen LogP contribution in [0.5, 0.6) is 0 Å². The molecule has 1 aliphatic heterocycles. The van der Waals surface area contributed by atoms with Crippen LogP contribution in [0.15, 0.2) is 70.9 Å². The molecule has 1 radical (unpaired) electrons. The minimum atomic E-state index is -0.0333. The van der Waals surface area contributed by atoms with Gasteiger partial charge in [0.1, 0.15) is 0 Å². The Bertz CT molecular complexity index is 785. The van der Waals surface area contributed by atoms with Gasteiger partial charge in [0.15, 0.2) is 0 Å². The maximum absolute atomic E-state index is 8.48. The predicted molar refractivity (Wildman–Crippen MR) is 101 cm³/mol. The van der Waals surface area contributed by atoms with Crippen molar-refractivity contribution in [1.29, 1.82) is 0 Å². The van der Waals surface area contributed by atoms with Gasteiger partial charge in [0.2, 0.25) is 0 Å². The maximum Gasteiger partial charge on any atom is 0.0553 e. The summed E-state index contributed by atoms with van der Waals surface area (Å²) in [5, 5.41) is 8.48. The standard InChI is InChI=1S/C16H14N.C6H9O.Ir/c1-16(2)13-10-6-7-11-14(13)17-15(16)12-8-4-3-5-9-12;1-5(2)4-6(3)7;/h3-8,10-11H,1-2H3;1,4,7H,2-3H3;/q2*-1;/b;6-4-;. The molecule has 133 valence electrons. The molecule has 1 heterocycles. The van der Waals surface area contributed by atoms with Crippen LogP contribution in [0.4, 0.5) is 5.69 Å². The van der Waals surface area contributed by atoms with Gasteiger partial charge in [-0.1, -0.05) is 39.0 Å². The summed E-state index contributed by atoms with van der Waals surface area (Å²) in [6.07, 6.45) is 1.50. The van der Waals surface area contributed by atoms with Gasteiger partial charge in [-0.3, -0.25) is 11.6 Å². The van der Waals surface area contributed by atoms with E-state index in [0.29, 0.717) is 5.57 Å². The number of nitrogens with zero attached hydrogens (tertiary/aromatic N) is 1. The van der Waals surface area contributed by atoms with Crippen LogP contribution in [0, 0.1) is 12.6 Å². The quantitative estimate of drug-likeness (QED) is 0.313. The van der Waals surface area contributed by atoms with Crippen LogP contribution in [-0.4, -0.2) is 10.8 Å². The number of rotatable bonds is 2. The zero-order valence-corrected chi connectivity index (χ0v) is 17.4. The van der Waals surface area contributed by atoms with E-state index in [0.717, 1.165) is 17.0 Å². The summed E-state index contributed by atoms with van der Waals surface area (Å²) in [5.41, 5.74) is 5.18. The van der Waals surface area contributed by atoms with Crippen LogP contribution in [0.2, 0.25) is 0 Å². The molecule has 2 nitrogen and oxygen atoms in total. The van der Waals surface area contributed by atoms with E-state index >= 15 is 0 Å². The summed E-state index contributed by atoms with van der Waals surface area (Å²) >= 11 is 0. The van der Waals surface area contributed by atoms with Gasteiger partial charge in [-0.15, -0.1) is 35.9 Å². The average Bonchev–Trinajstić information content (AvgIpc) is 2.79. The van der Waals surface area contributed by atoms with Crippen molar-refractivity contribution < 1.29 is 25.2 Å². The fraction of sp³-hybridized carbons (Fsp3) is 0.227. The zero-order valence-electron chi connectivity index (χ0n) is 15.0. The number of aliphatic imine (C=N–C) groups is 1. The van der Waals surface area contributed by atoms with E-state index in [1.54, 1.807) is 13.8 Å². The molecule has 0 saturated carbocycles. The van der Waals surface area contributed by atoms with Crippen molar-refractivity contribution in [2.24, 2.45) is 4.99 Å². The Hall–Kier alpha value is -1.96. The van der Waals surface area contributed by atoms with Crippen molar-refractivity contribution in [1.82, 2.24) is 0 Å². The molecule has 0 saturated heterocycles. The largest absolute Gasteiger partial charge is 0.531 e. The molecule has 0 atom stereocenters. The fourth-order valence-electron chi connectivity index (χ4n) is 2.75. The molecular weight excluding hydrogens is 486 g/mol. The van der Waals surface area contributed by atoms with Crippen molar-refractivity contribution >= 4 is 11.4 Å². The predicted octanol–water partition coefficient (Wildman–Crippen LogP) is 5.72. The maximum atomic E-state index is 8.48. The number of benzene rings is 2. The molecule has 0 aliphatic carbocycles. The smallest absolute Gasteiger partial charge is 0.0553 e. The first-order valence-electron chi connectivity index (χ1n) is 7.94. The molecule has 1 N–H and O–H groups in total. The molecular formula is C22H23IrNO-2. The van der Waals surface area contributed by atoms with Crippen LogP contribution < -0.4 is 0 Å². The fourth-order valence-corrected chi connectivity index (χ4v) is 2.75. The Kier molecular flexibility index (Phi) is 7.54. The van der Waals surface area contributed by atoms with Crippen molar-refractivity contribution in [3.8, 4) is 0 Å². The summed E-state index contributed by atoms with van der Waals surface area (Å²) < 4.78 is 0. The third kappa shape index (κ3) is 5.25. The Labute approximate surface area is 164 Å². The van der Waals surface area contributed by atoms with Crippen LogP contribution in [0.1, 0.15) is 38.8 Å². The molecule has 2 aromatic carbocycles. The minimum absolute atomic E-state index is 0. The molecule has 0 fully saturated rings. The van der Waals surface area contributed by atoms with Crippen molar-refractivity contribution in [2.75, 3.05) is 0 Å². The van der Waals surface area contributed by atoms with Gasteiger partial charge in [0.05, 0.1) is 5.69 Å². The number of para-hydroxylation sites is 1. The Morgan fingerprint density at radius 2 is 1.76 bits per heavy atom. The third-order valence-electron chi connectivity index (χ3n) is 3.80. The second-order valence-corrected chi connectivity index (χ2v) is 6.41. The molecule has 0 amide bonds. The van der Waals surface area contributed by atoms with Crippen LogP contribution in [0.3, 0.4) is 0 Å². The molecule has 0 spiro atoms. The monoisotopic (exact) mass is 510 g/mol. The van der Waals surface area contributed by atoms with Gasteiger partial charge < -0.3 is 5.11 Å². The number of fused-ring (bicyclic) bond motifs is 1. The Morgan fingerprint density at radius 3 is 2.24 bits per heavy atom.